The molecule has 0 radical (unpaired) electrons. The molecule has 6 nitrogen and oxygen atoms in total. The molecule has 0 bridgehead atoms. The van der Waals surface area contributed by atoms with Crippen LogP contribution in [0.4, 0.5) is 10.1 Å². The van der Waals surface area contributed by atoms with Crippen molar-refractivity contribution in [2.45, 2.75) is 19.9 Å². The average molecular weight is 359 g/mol. The lowest BCUT2D eigenvalue weighted by atomic mass is 10.2. The first kappa shape index (κ1) is 18.1. The van der Waals surface area contributed by atoms with Crippen LogP contribution < -0.4 is 5.32 Å². The molecule has 1 aromatic heterocycles. The molecule has 1 aromatic carbocycles. The van der Waals surface area contributed by atoms with Crippen molar-refractivity contribution in [3.8, 4) is 0 Å². The molecule has 3 rings (SSSR count). The second-order valence-electron chi connectivity index (χ2n) is 6.43. The van der Waals surface area contributed by atoms with Gasteiger partial charge in [0, 0.05) is 31.9 Å². The molecular formula is C19H22FN3O3. The van der Waals surface area contributed by atoms with E-state index in [1.165, 1.54) is 12.3 Å². The molecule has 1 fully saturated rings. The number of aryl methyl sites for hydroxylation is 1. The SMILES string of the molecule is Cc1ccc(NC(=O)[C@H](C)N2CCN(C(=O)c3ccco3)CC2)cc1F. The Morgan fingerprint density at radius 2 is 1.92 bits per heavy atom. The van der Waals surface area contributed by atoms with Gasteiger partial charge in [-0.15, -0.1) is 0 Å². The molecule has 0 spiro atoms. The Labute approximate surface area is 151 Å². The molecular weight excluding hydrogens is 337 g/mol. The second kappa shape index (κ2) is 7.70. The summed E-state index contributed by atoms with van der Waals surface area (Å²) in [6.07, 6.45) is 1.48. The highest BCUT2D eigenvalue weighted by Gasteiger charge is 2.28. The fraction of sp³-hybridized carbons (Fsp3) is 0.368. The molecule has 2 amide bonds. The summed E-state index contributed by atoms with van der Waals surface area (Å²) in [4.78, 5) is 28.4. The van der Waals surface area contributed by atoms with Crippen LogP contribution in [0.15, 0.2) is 41.0 Å². The fourth-order valence-electron chi connectivity index (χ4n) is 2.95. The van der Waals surface area contributed by atoms with Crippen molar-refractivity contribution in [2.75, 3.05) is 31.5 Å². The Kier molecular flexibility index (Phi) is 5.37. The van der Waals surface area contributed by atoms with Crippen molar-refractivity contribution >= 4 is 17.5 Å². The van der Waals surface area contributed by atoms with Crippen LogP contribution in [0.3, 0.4) is 0 Å². The van der Waals surface area contributed by atoms with Gasteiger partial charge >= 0.3 is 0 Å². The van der Waals surface area contributed by atoms with Crippen LogP contribution >= 0.6 is 0 Å². The Balaban J connectivity index is 1.54. The third kappa shape index (κ3) is 3.94. The van der Waals surface area contributed by atoms with Gasteiger partial charge in [0.2, 0.25) is 5.91 Å². The maximum Gasteiger partial charge on any atom is 0.289 e. The molecule has 1 aliphatic rings. The van der Waals surface area contributed by atoms with E-state index in [9.17, 15) is 14.0 Å². The minimum Gasteiger partial charge on any atom is -0.459 e. The van der Waals surface area contributed by atoms with E-state index in [-0.39, 0.29) is 23.7 Å². The average Bonchev–Trinajstić information content (AvgIpc) is 3.18. The largest absolute Gasteiger partial charge is 0.459 e. The van der Waals surface area contributed by atoms with Crippen LogP contribution in [-0.4, -0.2) is 53.8 Å². The summed E-state index contributed by atoms with van der Waals surface area (Å²) >= 11 is 0. The number of carbonyl (C=O) groups is 2. The zero-order chi connectivity index (χ0) is 18.7. The van der Waals surface area contributed by atoms with Crippen molar-refractivity contribution < 1.29 is 18.4 Å². The number of furan rings is 1. The molecule has 0 saturated carbocycles. The van der Waals surface area contributed by atoms with Crippen molar-refractivity contribution in [1.82, 2.24) is 9.80 Å². The van der Waals surface area contributed by atoms with Gasteiger partial charge < -0.3 is 14.6 Å². The third-order valence-corrected chi connectivity index (χ3v) is 4.70. The summed E-state index contributed by atoms with van der Waals surface area (Å²) in [6.45, 7) is 5.70. The number of amides is 2. The van der Waals surface area contributed by atoms with Crippen LogP contribution in [0.5, 0.6) is 0 Å². The Hall–Kier alpha value is -2.67. The van der Waals surface area contributed by atoms with Crippen molar-refractivity contribution in [3.05, 3.63) is 53.7 Å². The van der Waals surface area contributed by atoms with E-state index < -0.39 is 0 Å². The molecule has 1 atom stereocenters. The predicted molar refractivity (Wildman–Crippen MR) is 95.4 cm³/mol. The van der Waals surface area contributed by atoms with E-state index in [0.717, 1.165) is 0 Å². The Morgan fingerprint density at radius 3 is 2.54 bits per heavy atom. The first-order valence-corrected chi connectivity index (χ1v) is 8.59. The number of hydrogen-bond donors (Lipinski definition) is 1. The van der Waals surface area contributed by atoms with Crippen LogP contribution in [0.25, 0.3) is 0 Å². The highest BCUT2D eigenvalue weighted by Crippen LogP contribution is 2.16. The van der Waals surface area contributed by atoms with E-state index in [1.54, 1.807) is 36.1 Å². The van der Waals surface area contributed by atoms with E-state index in [2.05, 4.69) is 5.32 Å². The van der Waals surface area contributed by atoms with Gasteiger partial charge in [0.15, 0.2) is 5.76 Å². The number of carbonyl (C=O) groups excluding carboxylic acids is 2. The van der Waals surface area contributed by atoms with Gasteiger partial charge in [-0.1, -0.05) is 6.07 Å². The maximum atomic E-state index is 13.6. The first-order chi connectivity index (χ1) is 12.5. The number of nitrogens with one attached hydrogen (secondary N) is 1. The zero-order valence-electron chi connectivity index (χ0n) is 14.9. The number of halogens is 1. The first-order valence-electron chi connectivity index (χ1n) is 8.59. The number of nitrogens with zero attached hydrogens (tertiary/aromatic N) is 2. The lowest BCUT2D eigenvalue weighted by Gasteiger charge is -2.37. The monoisotopic (exact) mass is 359 g/mol. The van der Waals surface area contributed by atoms with E-state index >= 15 is 0 Å². The molecule has 1 aliphatic heterocycles. The Bertz CT molecular complexity index is 783. The Morgan fingerprint density at radius 1 is 1.19 bits per heavy atom. The van der Waals surface area contributed by atoms with Crippen molar-refractivity contribution in [1.29, 1.82) is 0 Å². The molecule has 2 aromatic rings. The molecule has 26 heavy (non-hydrogen) atoms. The molecule has 0 unspecified atom stereocenters. The molecule has 7 heteroatoms. The molecule has 1 saturated heterocycles. The van der Waals surface area contributed by atoms with Crippen LogP contribution in [0.1, 0.15) is 23.0 Å². The number of benzene rings is 1. The minimum atomic E-state index is -0.375. The molecule has 0 aliphatic carbocycles. The van der Waals surface area contributed by atoms with E-state index in [4.69, 9.17) is 4.42 Å². The highest BCUT2D eigenvalue weighted by molar-refractivity contribution is 5.94. The topological polar surface area (TPSA) is 65.8 Å². The summed E-state index contributed by atoms with van der Waals surface area (Å²) in [7, 11) is 0. The molecule has 138 valence electrons. The van der Waals surface area contributed by atoms with Gasteiger partial charge in [0.05, 0.1) is 12.3 Å². The lowest BCUT2D eigenvalue weighted by molar-refractivity contribution is -0.121. The smallest absolute Gasteiger partial charge is 0.289 e. The quantitative estimate of drug-likeness (QED) is 0.911. The maximum absolute atomic E-state index is 13.6. The van der Waals surface area contributed by atoms with E-state index in [0.29, 0.717) is 43.2 Å². The highest BCUT2D eigenvalue weighted by atomic mass is 19.1. The minimum absolute atomic E-state index is 0.137. The summed E-state index contributed by atoms with van der Waals surface area (Å²) in [6, 6.07) is 7.59. The zero-order valence-corrected chi connectivity index (χ0v) is 14.9. The van der Waals surface area contributed by atoms with Gasteiger partial charge in [0.1, 0.15) is 5.82 Å². The van der Waals surface area contributed by atoms with Gasteiger partial charge in [-0.25, -0.2) is 4.39 Å². The lowest BCUT2D eigenvalue weighted by Crippen LogP contribution is -2.54. The van der Waals surface area contributed by atoms with Crippen LogP contribution in [0.2, 0.25) is 0 Å². The van der Waals surface area contributed by atoms with E-state index in [1.807, 2.05) is 11.8 Å². The predicted octanol–water partition coefficient (Wildman–Crippen LogP) is 2.51. The van der Waals surface area contributed by atoms with Gasteiger partial charge in [0.25, 0.3) is 5.91 Å². The second-order valence-corrected chi connectivity index (χ2v) is 6.43. The van der Waals surface area contributed by atoms with Gasteiger partial charge in [-0.3, -0.25) is 14.5 Å². The molecule has 2 heterocycles. The van der Waals surface area contributed by atoms with Crippen LogP contribution in [-0.2, 0) is 4.79 Å². The molecule has 1 N–H and O–H groups in total. The number of rotatable bonds is 4. The summed E-state index contributed by atoms with van der Waals surface area (Å²) in [5.41, 5.74) is 0.977. The van der Waals surface area contributed by atoms with Gasteiger partial charge in [-0.05, 0) is 43.7 Å². The number of piperazine rings is 1. The number of anilines is 1. The van der Waals surface area contributed by atoms with Gasteiger partial charge in [-0.2, -0.15) is 0 Å². The van der Waals surface area contributed by atoms with Crippen molar-refractivity contribution in [3.63, 3.8) is 0 Å². The van der Waals surface area contributed by atoms with Crippen molar-refractivity contribution in [2.24, 2.45) is 0 Å². The summed E-state index contributed by atoms with van der Waals surface area (Å²) in [5, 5.41) is 2.75. The summed E-state index contributed by atoms with van der Waals surface area (Å²) < 4.78 is 18.8. The standard InChI is InChI=1S/C19H22FN3O3/c1-13-5-6-15(12-16(13)20)21-18(24)14(2)22-7-9-23(10-8-22)19(25)17-4-3-11-26-17/h3-6,11-12,14H,7-10H2,1-2H3,(H,21,24)/t14-/m0/s1. The normalized spacial score (nSPS) is 16.3. The third-order valence-electron chi connectivity index (χ3n) is 4.70. The number of hydrogen-bond acceptors (Lipinski definition) is 4. The van der Waals surface area contributed by atoms with Crippen LogP contribution in [0, 0.1) is 12.7 Å². The summed E-state index contributed by atoms with van der Waals surface area (Å²) in [5.74, 6) is -0.355. The fourth-order valence-corrected chi connectivity index (χ4v) is 2.95.